The van der Waals surface area contributed by atoms with E-state index in [4.69, 9.17) is 9.84 Å². The average Bonchev–Trinajstić information content (AvgIpc) is 2.95. The van der Waals surface area contributed by atoms with E-state index in [-0.39, 0.29) is 0 Å². The van der Waals surface area contributed by atoms with Crippen molar-refractivity contribution in [3.05, 3.63) is 57.3 Å². The van der Waals surface area contributed by atoms with Crippen molar-refractivity contribution in [2.24, 2.45) is 0 Å². The Morgan fingerprint density at radius 1 is 1.19 bits per heavy atom. The van der Waals surface area contributed by atoms with Gasteiger partial charge in [0.05, 0.1) is 6.61 Å². The summed E-state index contributed by atoms with van der Waals surface area (Å²) < 4.78 is 5.46. The van der Waals surface area contributed by atoms with Gasteiger partial charge in [-0.25, -0.2) is 4.79 Å². The minimum atomic E-state index is -0.862. The number of thiophene rings is 1. The van der Waals surface area contributed by atoms with Crippen molar-refractivity contribution in [3.63, 3.8) is 0 Å². The minimum Gasteiger partial charge on any atom is -0.477 e. The van der Waals surface area contributed by atoms with Gasteiger partial charge in [-0.05, 0) is 35.1 Å². The third-order valence-corrected chi connectivity index (χ3v) is 4.10. The summed E-state index contributed by atoms with van der Waals surface area (Å²) in [6.45, 7) is 4.52. The summed E-state index contributed by atoms with van der Waals surface area (Å²) in [6.07, 6.45) is 0. The lowest BCUT2D eigenvalue weighted by Gasteiger charge is -2.10. The molecule has 1 aromatic heterocycles. The predicted molar refractivity (Wildman–Crippen MR) is 83.6 cm³/mol. The first-order valence-corrected chi connectivity index (χ1v) is 7.75. The molecule has 2 N–H and O–H groups in total. The molecule has 0 saturated carbocycles. The van der Waals surface area contributed by atoms with Crippen molar-refractivity contribution in [2.75, 3.05) is 6.61 Å². The fourth-order valence-corrected chi connectivity index (χ4v) is 2.84. The molecule has 0 amide bonds. The second kappa shape index (κ2) is 7.93. The maximum absolute atomic E-state index is 11.1. The first-order chi connectivity index (χ1) is 10.2. The molecule has 0 fully saturated rings. The zero-order valence-electron chi connectivity index (χ0n) is 12.0. The Morgan fingerprint density at radius 3 is 2.62 bits per heavy atom. The maximum atomic E-state index is 11.1. The van der Waals surface area contributed by atoms with E-state index >= 15 is 0 Å². The number of carboxylic acid groups (broad SMARTS) is 1. The molecule has 2 rings (SSSR count). The van der Waals surface area contributed by atoms with Crippen LogP contribution in [0.3, 0.4) is 0 Å². The van der Waals surface area contributed by atoms with Crippen LogP contribution < -0.4 is 5.32 Å². The van der Waals surface area contributed by atoms with Gasteiger partial charge < -0.3 is 15.2 Å². The highest BCUT2D eigenvalue weighted by Gasteiger charge is 2.11. The number of ether oxygens (including phenoxy) is 1. The van der Waals surface area contributed by atoms with Crippen LogP contribution in [0.1, 0.15) is 33.3 Å². The van der Waals surface area contributed by atoms with Crippen LogP contribution in [0.25, 0.3) is 0 Å². The predicted octanol–water partition coefficient (Wildman–Crippen LogP) is 3.27. The van der Waals surface area contributed by atoms with Gasteiger partial charge in [-0.2, -0.15) is 0 Å². The average molecular weight is 305 g/mol. The molecule has 0 radical (unpaired) electrons. The Hall–Kier alpha value is -1.69. The molecule has 4 nitrogen and oxygen atoms in total. The van der Waals surface area contributed by atoms with Crippen LogP contribution >= 0.6 is 11.3 Å². The number of aromatic carboxylic acids is 1. The third kappa shape index (κ3) is 4.39. The van der Waals surface area contributed by atoms with E-state index in [2.05, 4.69) is 17.4 Å². The Labute approximate surface area is 128 Å². The summed E-state index contributed by atoms with van der Waals surface area (Å²) in [5, 5.41) is 14.2. The maximum Gasteiger partial charge on any atom is 0.346 e. The number of carboxylic acids is 1. The van der Waals surface area contributed by atoms with Crippen LogP contribution in [0.5, 0.6) is 0 Å². The summed E-state index contributed by atoms with van der Waals surface area (Å²) in [7, 11) is 0. The largest absolute Gasteiger partial charge is 0.477 e. The number of hydrogen-bond donors (Lipinski definition) is 2. The van der Waals surface area contributed by atoms with E-state index in [1.54, 1.807) is 0 Å². The van der Waals surface area contributed by atoms with Crippen molar-refractivity contribution in [2.45, 2.75) is 26.6 Å². The third-order valence-electron chi connectivity index (χ3n) is 3.15. The molecule has 0 aliphatic carbocycles. The number of rotatable bonds is 8. The Morgan fingerprint density at radius 2 is 1.90 bits per heavy atom. The smallest absolute Gasteiger partial charge is 0.346 e. The standard InChI is InChI=1S/C16H19NO3S/c1-2-20-11-14-6-4-3-5-12(14)9-17-10-13-7-8-21-15(13)16(18)19/h3-8,17H,2,9-11H2,1H3,(H,18,19). The fourth-order valence-electron chi connectivity index (χ4n) is 2.08. The van der Waals surface area contributed by atoms with Gasteiger partial charge in [-0.1, -0.05) is 24.3 Å². The van der Waals surface area contributed by atoms with Gasteiger partial charge in [0.1, 0.15) is 4.88 Å². The molecule has 0 bridgehead atoms. The number of hydrogen-bond acceptors (Lipinski definition) is 4. The Balaban J connectivity index is 1.94. The van der Waals surface area contributed by atoms with Crippen molar-refractivity contribution >= 4 is 17.3 Å². The topological polar surface area (TPSA) is 58.6 Å². The minimum absolute atomic E-state index is 0.408. The van der Waals surface area contributed by atoms with E-state index in [0.29, 0.717) is 31.2 Å². The zero-order valence-corrected chi connectivity index (χ0v) is 12.8. The summed E-state index contributed by atoms with van der Waals surface area (Å²) in [6, 6.07) is 9.97. The van der Waals surface area contributed by atoms with Gasteiger partial charge in [0.15, 0.2) is 0 Å². The van der Waals surface area contributed by atoms with Gasteiger partial charge in [0.25, 0.3) is 0 Å². The highest BCUT2D eigenvalue weighted by molar-refractivity contribution is 7.12. The lowest BCUT2D eigenvalue weighted by molar-refractivity contribution is 0.0701. The van der Waals surface area contributed by atoms with E-state index in [1.165, 1.54) is 16.9 Å². The molecule has 0 spiro atoms. The molecule has 5 heteroatoms. The molecule has 112 valence electrons. The quantitative estimate of drug-likeness (QED) is 0.786. The summed E-state index contributed by atoms with van der Waals surface area (Å²) in [5.74, 6) is -0.862. The van der Waals surface area contributed by atoms with E-state index in [9.17, 15) is 4.79 Å². The fraction of sp³-hybridized carbons (Fsp3) is 0.312. The second-order valence-electron chi connectivity index (χ2n) is 4.59. The summed E-state index contributed by atoms with van der Waals surface area (Å²) >= 11 is 1.26. The number of nitrogens with one attached hydrogen (secondary N) is 1. The van der Waals surface area contributed by atoms with Crippen molar-refractivity contribution < 1.29 is 14.6 Å². The molecule has 0 atom stereocenters. The monoisotopic (exact) mass is 305 g/mol. The first-order valence-electron chi connectivity index (χ1n) is 6.87. The molecule has 0 aliphatic rings. The van der Waals surface area contributed by atoms with E-state index in [0.717, 1.165) is 11.1 Å². The van der Waals surface area contributed by atoms with Crippen LogP contribution in [0.15, 0.2) is 35.7 Å². The summed E-state index contributed by atoms with van der Waals surface area (Å²) in [4.78, 5) is 11.5. The molecule has 0 saturated heterocycles. The Bertz CT molecular complexity index is 595. The van der Waals surface area contributed by atoms with Crippen LogP contribution in [0, 0.1) is 0 Å². The molecule has 21 heavy (non-hydrogen) atoms. The highest BCUT2D eigenvalue weighted by atomic mass is 32.1. The van der Waals surface area contributed by atoms with Gasteiger partial charge >= 0.3 is 5.97 Å². The first kappa shape index (κ1) is 15.7. The molecule has 1 heterocycles. The molecule has 0 aliphatic heterocycles. The second-order valence-corrected chi connectivity index (χ2v) is 5.51. The number of benzene rings is 1. The lowest BCUT2D eigenvalue weighted by atomic mass is 10.1. The van der Waals surface area contributed by atoms with E-state index < -0.39 is 5.97 Å². The van der Waals surface area contributed by atoms with Gasteiger partial charge in [0.2, 0.25) is 0 Å². The number of carbonyl (C=O) groups is 1. The normalized spacial score (nSPS) is 10.7. The van der Waals surface area contributed by atoms with Crippen molar-refractivity contribution in [3.8, 4) is 0 Å². The zero-order chi connectivity index (χ0) is 15.1. The highest BCUT2D eigenvalue weighted by Crippen LogP contribution is 2.17. The summed E-state index contributed by atoms with van der Waals surface area (Å²) in [5.41, 5.74) is 3.17. The Kier molecular flexibility index (Phi) is 5.92. The lowest BCUT2D eigenvalue weighted by Crippen LogP contribution is -2.15. The van der Waals surface area contributed by atoms with Crippen LogP contribution in [0.2, 0.25) is 0 Å². The van der Waals surface area contributed by atoms with Gasteiger partial charge in [-0.15, -0.1) is 11.3 Å². The molecule has 0 unspecified atom stereocenters. The van der Waals surface area contributed by atoms with Crippen molar-refractivity contribution in [1.82, 2.24) is 5.32 Å². The van der Waals surface area contributed by atoms with Crippen LogP contribution in [-0.2, 0) is 24.4 Å². The molecule has 1 aromatic carbocycles. The molecular weight excluding hydrogens is 286 g/mol. The molecular formula is C16H19NO3S. The van der Waals surface area contributed by atoms with Crippen molar-refractivity contribution in [1.29, 1.82) is 0 Å². The SMILES string of the molecule is CCOCc1ccccc1CNCc1ccsc1C(=O)O. The molecule has 2 aromatic rings. The van der Waals surface area contributed by atoms with E-state index in [1.807, 2.05) is 30.5 Å². The van der Waals surface area contributed by atoms with Crippen LogP contribution in [-0.4, -0.2) is 17.7 Å². The van der Waals surface area contributed by atoms with Gasteiger partial charge in [0, 0.05) is 19.7 Å². The van der Waals surface area contributed by atoms with Crippen LogP contribution in [0.4, 0.5) is 0 Å². The van der Waals surface area contributed by atoms with Gasteiger partial charge in [-0.3, -0.25) is 0 Å².